The van der Waals surface area contributed by atoms with E-state index >= 15 is 0 Å². The molecule has 2 N–H and O–H groups in total. The van der Waals surface area contributed by atoms with Crippen molar-refractivity contribution < 1.29 is 13.5 Å². The molecule has 0 aliphatic carbocycles. The standard InChI is InChI=1S/C17H29NO3S2/c1-2-3-4-5-6-7-8-15-9-11-16(12-10-15)14-23(20,21)18-17(19)13-22/h9-12,17-19,22H,2-8,13-14H2,1H3. The van der Waals surface area contributed by atoms with Crippen LogP contribution < -0.4 is 4.72 Å². The van der Waals surface area contributed by atoms with Crippen LogP contribution in [0.5, 0.6) is 0 Å². The van der Waals surface area contributed by atoms with Crippen LogP contribution in [0.1, 0.15) is 56.6 Å². The molecule has 6 heteroatoms. The highest BCUT2D eigenvalue weighted by Gasteiger charge is 2.15. The third kappa shape index (κ3) is 9.35. The van der Waals surface area contributed by atoms with Gasteiger partial charge in [-0.3, -0.25) is 0 Å². The largest absolute Gasteiger partial charge is 0.377 e. The molecule has 0 amide bonds. The van der Waals surface area contributed by atoms with Gasteiger partial charge in [-0.2, -0.15) is 17.4 Å². The first kappa shape index (κ1) is 20.5. The Hall–Kier alpha value is -0.560. The van der Waals surface area contributed by atoms with Gasteiger partial charge in [0.1, 0.15) is 6.23 Å². The molecule has 1 aromatic carbocycles. The Kier molecular flexibility index (Phi) is 9.86. The highest BCUT2D eigenvalue weighted by molar-refractivity contribution is 7.88. The summed E-state index contributed by atoms with van der Waals surface area (Å²) in [5.74, 6) is -0.0778. The Balaban J connectivity index is 2.38. The molecule has 0 bridgehead atoms. The van der Waals surface area contributed by atoms with Crippen molar-refractivity contribution in [2.24, 2.45) is 0 Å². The molecule has 0 fully saturated rings. The second-order valence-electron chi connectivity index (χ2n) is 5.91. The van der Waals surface area contributed by atoms with Gasteiger partial charge in [-0.1, -0.05) is 63.3 Å². The molecule has 0 radical (unpaired) electrons. The minimum Gasteiger partial charge on any atom is -0.377 e. The average molecular weight is 360 g/mol. The second-order valence-corrected chi connectivity index (χ2v) is 8.03. The Morgan fingerprint density at radius 3 is 2.22 bits per heavy atom. The topological polar surface area (TPSA) is 66.4 Å². The van der Waals surface area contributed by atoms with Crippen molar-refractivity contribution in [1.29, 1.82) is 0 Å². The molecule has 0 aromatic heterocycles. The number of sulfonamides is 1. The maximum atomic E-state index is 11.8. The molecule has 132 valence electrons. The number of benzene rings is 1. The van der Waals surface area contributed by atoms with E-state index in [1.54, 1.807) is 0 Å². The number of aliphatic hydroxyl groups is 1. The molecule has 0 aliphatic rings. The highest BCUT2D eigenvalue weighted by atomic mass is 32.2. The second kappa shape index (κ2) is 11.1. The van der Waals surface area contributed by atoms with E-state index in [1.807, 2.05) is 24.3 Å². The molecular weight excluding hydrogens is 330 g/mol. The summed E-state index contributed by atoms with van der Waals surface area (Å²) in [6.07, 6.45) is 7.52. The van der Waals surface area contributed by atoms with Crippen molar-refractivity contribution in [3.05, 3.63) is 35.4 Å². The van der Waals surface area contributed by atoms with Crippen LogP contribution in [0.4, 0.5) is 0 Å². The van der Waals surface area contributed by atoms with E-state index in [-0.39, 0.29) is 11.5 Å². The molecule has 0 saturated heterocycles. The maximum absolute atomic E-state index is 11.8. The quantitative estimate of drug-likeness (QED) is 0.305. The summed E-state index contributed by atoms with van der Waals surface area (Å²) in [5, 5.41) is 9.32. The molecule has 0 saturated carbocycles. The van der Waals surface area contributed by atoms with E-state index in [2.05, 4.69) is 24.3 Å². The van der Waals surface area contributed by atoms with Crippen LogP contribution in [0.15, 0.2) is 24.3 Å². The van der Waals surface area contributed by atoms with Crippen LogP contribution in [0.2, 0.25) is 0 Å². The van der Waals surface area contributed by atoms with Gasteiger partial charge in [0.25, 0.3) is 0 Å². The highest BCUT2D eigenvalue weighted by Crippen LogP contribution is 2.12. The van der Waals surface area contributed by atoms with Gasteiger partial charge in [0.15, 0.2) is 0 Å². The van der Waals surface area contributed by atoms with E-state index < -0.39 is 16.3 Å². The van der Waals surface area contributed by atoms with Gasteiger partial charge in [0, 0.05) is 5.75 Å². The van der Waals surface area contributed by atoms with Crippen LogP contribution >= 0.6 is 12.6 Å². The fraction of sp³-hybridized carbons (Fsp3) is 0.647. The molecule has 23 heavy (non-hydrogen) atoms. The number of hydrogen-bond acceptors (Lipinski definition) is 4. The van der Waals surface area contributed by atoms with Gasteiger partial charge in [0.05, 0.1) is 5.75 Å². The lowest BCUT2D eigenvalue weighted by Crippen LogP contribution is -2.36. The van der Waals surface area contributed by atoms with Crippen LogP contribution in [0.3, 0.4) is 0 Å². The molecule has 0 heterocycles. The summed E-state index contributed by atoms with van der Waals surface area (Å²) in [4.78, 5) is 0. The lowest BCUT2D eigenvalue weighted by Gasteiger charge is -2.11. The zero-order chi connectivity index (χ0) is 17.1. The van der Waals surface area contributed by atoms with Crippen molar-refractivity contribution in [3.63, 3.8) is 0 Å². The number of nitrogens with one attached hydrogen (secondary N) is 1. The molecule has 1 atom stereocenters. The molecule has 1 aromatic rings. The first-order valence-corrected chi connectivity index (χ1v) is 10.6. The Morgan fingerprint density at radius 2 is 1.61 bits per heavy atom. The minimum absolute atomic E-state index is 0.0520. The van der Waals surface area contributed by atoms with Crippen LogP contribution in [0, 0.1) is 0 Å². The van der Waals surface area contributed by atoms with E-state index in [1.165, 1.54) is 44.1 Å². The average Bonchev–Trinajstić information content (AvgIpc) is 2.51. The van der Waals surface area contributed by atoms with Gasteiger partial charge in [0.2, 0.25) is 10.0 Å². The summed E-state index contributed by atoms with van der Waals surface area (Å²) in [6.45, 7) is 2.22. The van der Waals surface area contributed by atoms with Crippen molar-refractivity contribution in [1.82, 2.24) is 4.72 Å². The zero-order valence-electron chi connectivity index (χ0n) is 13.9. The lowest BCUT2D eigenvalue weighted by molar-refractivity contribution is 0.189. The summed E-state index contributed by atoms with van der Waals surface area (Å²) in [5.41, 5.74) is 1.96. The normalized spacial score (nSPS) is 13.2. The van der Waals surface area contributed by atoms with Crippen LogP contribution in [0.25, 0.3) is 0 Å². The molecule has 1 rings (SSSR count). The van der Waals surface area contributed by atoms with Gasteiger partial charge in [-0.25, -0.2) is 8.42 Å². The van der Waals surface area contributed by atoms with Gasteiger partial charge in [-0.05, 0) is 24.0 Å². The Bertz CT molecular complexity index is 529. The molecule has 4 nitrogen and oxygen atoms in total. The number of rotatable bonds is 12. The number of hydrogen-bond donors (Lipinski definition) is 3. The van der Waals surface area contributed by atoms with E-state index in [0.29, 0.717) is 0 Å². The maximum Gasteiger partial charge on any atom is 0.217 e. The first-order chi connectivity index (χ1) is 11.0. The lowest BCUT2D eigenvalue weighted by atomic mass is 10.0. The zero-order valence-corrected chi connectivity index (χ0v) is 15.6. The SMILES string of the molecule is CCCCCCCCc1ccc(CS(=O)(=O)NC(O)CS)cc1. The predicted molar refractivity (Wildman–Crippen MR) is 99.1 cm³/mol. The third-order valence-corrected chi connectivity index (χ3v) is 5.38. The third-order valence-electron chi connectivity index (χ3n) is 3.69. The van der Waals surface area contributed by atoms with Crippen molar-refractivity contribution >= 4 is 22.7 Å². The molecule has 0 aliphatic heterocycles. The summed E-state index contributed by atoms with van der Waals surface area (Å²) in [6, 6.07) is 7.68. The first-order valence-electron chi connectivity index (χ1n) is 8.33. The number of unbranched alkanes of at least 4 members (excludes halogenated alkanes) is 5. The number of aryl methyl sites for hydroxylation is 1. The van der Waals surface area contributed by atoms with Gasteiger partial charge >= 0.3 is 0 Å². The van der Waals surface area contributed by atoms with E-state index in [4.69, 9.17) is 0 Å². The molecular formula is C17H29NO3S2. The molecule has 1 unspecified atom stereocenters. The number of thiol groups is 1. The fourth-order valence-electron chi connectivity index (χ4n) is 2.42. The van der Waals surface area contributed by atoms with Crippen molar-refractivity contribution in [2.45, 2.75) is 63.9 Å². The molecule has 0 spiro atoms. The number of aliphatic hydroxyl groups excluding tert-OH is 1. The van der Waals surface area contributed by atoms with E-state index in [0.717, 1.165) is 12.0 Å². The predicted octanol–water partition coefficient (Wildman–Crippen LogP) is 3.26. The summed E-state index contributed by atoms with van der Waals surface area (Å²) in [7, 11) is -3.54. The van der Waals surface area contributed by atoms with Gasteiger partial charge < -0.3 is 5.11 Å². The van der Waals surface area contributed by atoms with E-state index in [9.17, 15) is 13.5 Å². The fourth-order valence-corrected chi connectivity index (χ4v) is 3.84. The van der Waals surface area contributed by atoms with Crippen molar-refractivity contribution in [2.75, 3.05) is 5.75 Å². The minimum atomic E-state index is -3.54. The smallest absolute Gasteiger partial charge is 0.217 e. The Labute approximate surface area is 146 Å². The van der Waals surface area contributed by atoms with Crippen LogP contribution in [-0.4, -0.2) is 25.5 Å². The monoisotopic (exact) mass is 359 g/mol. The van der Waals surface area contributed by atoms with Crippen molar-refractivity contribution in [3.8, 4) is 0 Å². The summed E-state index contributed by atoms with van der Waals surface area (Å²) < 4.78 is 25.9. The van der Waals surface area contributed by atoms with Gasteiger partial charge in [-0.15, -0.1) is 0 Å². The summed E-state index contributed by atoms with van der Waals surface area (Å²) >= 11 is 3.85. The Morgan fingerprint density at radius 1 is 1.04 bits per heavy atom. The van der Waals surface area contributed by atoms with Crippen LogP contribution in [-0.2, 0) is 22.2 Å².